The van der Waals surface area contributed by atoms with Crippen molar-refractivity contribution in [3.63, 3.8) is 0 Å². The Balaban J connectivity index is 1.36. The molecule has 0 N–H and O–H groups in total. The second-order valence-electron chi connectivity index (χ2n) is 7.64. The van der Waals surface area contributed by atoms with Gasteiger partial charge < -0.3 is 13.9 Å². The van der Waals surface area contributed by atoms with Crippen molar-refractivity contribution in [3.05, 3.63) is 89.8 Å². The lowest BCUT2D eigenvalue weighted by molar-refractivity contribution is 0.0672. The van der Waals surface area contributed by atoms with E-state index < -0.39 is 0 Å². The lowest BCUT2D eigenvalue weighted by Gasteiger charge is -2.32. The maximum Gasteiger partial charge on any atom is 0.271 e. The highest BCUT2D eigenvalue weighted by molar-refractivity contribution is 5.94. The lowest BCUT2D eigenvalue weighted by Crippen LogP contribution is -2.41. The Bertz CT molecular complexity index is 1160. The molecule has 3 aromatic heterocycles. The van der Waals surface area contributed by atoms with Crippen LogP contribution in [0, 0.1) is 0 Å². The molecule has 6 nitrogen and oxygen atoms in total. The topological polar surface area (TPSA) is 55.4 Å². The summed E-state index contributed by atoms with van der Waals surface area (Å²) in [6.45, 7) is 3.28. The SMILES string of the molecule is C[C@H]1CN(C(=O)c2ccc3ccccn23)Cc2nnc(CCc3ccccc3)n21. The minimum absolute atomic E-state index is 0.0307. The molecule has 0 unspecified atom stereocenters. The van der Waals surface area contributed by atoms with E-state index in [9.17, 15) is 4.79 Å². The van der Waals surface area contributed by atoms with Crippen LogP contribution in [0.25, 0.3) is 5.52 Å². The van der Waals surface area contributed by atoms with E-state index in [1.165, 1.54) is 5.56 Å². The average Bonchev–Trinajstić information content (AvgIpc) is 3.37. The molecule has 0 saturated carbocycles. The number of fused-ring (bicyclic) bond motifs is 2. The molecule has 4 aromatic rings. The van der Waals surface area contributed by atoms with Gasteiger partial charge in [0.25, 0.3) is 5.91 Å². The number of pyridine rings is 1. The van der Waals surface area contributed by atoms with E-state index in [0.717, 1.165) is 30.0 Å². The molecule has 0 radical (unpaired) electrons. The minimum Gasteiger partial charge on any atom is -0.328 e. The molecule has 5 rings (SSSR count). The Morgan fingerprint density at radius 3 is 2.69 bits per heavy atom. The van der Waals surface area contributed by atoms with Gasteiger partial charge in [-0.3, -0.25) is 4.79 Å². The molecule has 1 atom stereocenters. The molecule has 1 aliphatic heterocycles. The zero-order valence-electron chi connectivity index (χ0n) is 16.4. The van der Waals surface area contributed by atoms with Crippen molar-refractivity contribution in [1.82, 2.24) is 24.1 Å². The van der Waals surface area contributed by atoms with E-state index in [0.29, 0.717) is 18.8 Å². The van der Waals surface area contributed by atoms with Crippen LogP contribution in [-0.2, 0) is 19.4 Å². The van der Waals surface area contributed by atoms with E-state index >= 15 is 0 Å². The van der Waals surface area contributed by atoms with Gasteiger partial charge >= 0.3 is 0 Å². The number of hydrogen-bond donors (Lipinski definition) is 0. The maximum atomic E-state index is 13.2. The molecule has 0 saturated heterocycles. The fraction of sp³-hybridized carbons (Fsp3) is 0.261. The van der Waals surface area contributed by atoms with Gasteiger partial charge in [0.2, 0.25) is 0 Å². The number of rotatable bonds is 4. The second-order valence-corrected chi connectivity index (χ2v) is 7.64. The summed E-state index contributed by atoms with van der Waals surface area (Å²) in [7, 11) is 0. The summed E-state index contributed by atoms with van der Waals surface area (Å²) in [6.07, 6.45) is 3.71. The molecule has 1 aromatic carbocycles. The predicted octanol–water partition coefficient (Wildman–Crippen LogP) is 3.53. The molecular weight excluding hydrogens is 362 g/mol. The van der Waals surface area contributed by atoms with Crippen LogP contribution in [0.2, 0.25) is 0 Å². The Labute approximate surface area is 169 Å². The van der Waals surface area contributed by atoms with Crippen LogP contribution in [0.15, 0.2) is 66.9 Å². The molecule has 0 fully saturated rings. The Hall–Kier alpha value is -3.41. The molecule has 4 heterocycles. The van der Waals surface area contributed by atoms with Gasteiger partial charge in [0.05, 0.1) is 12.6 Å². The fourth-order valence-corrected chi connectivity index (χ4v) is 4.23. The summed E-state index contributed by atoms with van der Waals surface area (Å²) in [4.78, 5) is 15.1. The number of benzene rings is 1. The zero-order valence-corrected chi connectivity index (χ0v) is 16.4. The van der Waals surface area contributed by atoms with Gasteiger partial charge in [-0.2, -0.15) is 0 Å². The highest BCUT2D eigenvalue weighted by atomic mass is 16.2. The number of aryl methyl sites for hydroxylation is 2. The highest BCUT2D eigenvalue weighted by Gasteiger charge is 2.30. The van der Waals surface area contributed by atoms with Crippen molar-refractivity contribution in [1.29, 1.82) is 0 Å². The summed E-state index contributed by atoms with van der Waals surface area (Å²) in [5.74, 6) is 1.89. The van der Waals surface area contributed by atoms with Crippen molar-refractivity contribution in [2.45, 2.75) is 32.4 Å². The lowest BCUT2D eigenvalue weighted by atomic mass is 10.1. The predicted molar refractivity (Wildman–Crippen MR) is 111 cm³/mol. The first-order valence-corrected chi connectivity index (χ1v) is 10.0. The molecular formula is C23H23N5O. The number of carbonyl (C=O) groups excluding carboxylic acids is 1. The van der Waals surface area contributed by atoms with Crippen molar-refractivity contribution < 1.29 is 4.79 Å². The summed E-state index contributed by atoms with van der Waals surface area (Å²) < 4.78 is 4.15. The second kappa shape index (κ2) is 7.20. The van der Waals surface area contributed by atoms with Gasteiger partial charge in [0.1, 0.15) is 11.5 Å². The van der Waals surface area contributed by atoms with Crippen LogP contribution in [0.3, 0.4) is 0 Å². The summed E-state index contributed by atoms with van der Waals surface area (Å²) in [6, 6.07) is 20.4. The molecule has 0 spiro atoms. The third-order valence-corrected chi connectivity index (χ3v) is 5.64. The monoisotopic (exact) mass is 385 g/mol. The Morgan fingerprint density at radius 2 is 1.83 bits per heavy atom. The van der Waals surface area contributed by atoms with E-state index in [2.05, 4.69) is 46.0 Å². The van der Waals surface area contributed by atoms with Gasteiger partial charge in [-0.25, -0.2) is 0 Å². The molecule has 0 aliphatic carbocycles. The third kappa shape index (κ3) is 3.20. The highest BCUT2D eigenvalue weighted by Crippen LogP contribution is 2.24. The Kier molecular flexibility index (Phi) is 4.39. The zero-order chi connectivity index (χ0) is 19.8. The third-order valence-electron chi connectivity index (χ3n) is 5.64. The van der Waals surface area contributed by atoms with Crippen molar-refractivity contribution in [2.24, 2.45) is 0 Å². The summed E-state index contributed by atoms with van der Waals surface area (Å²) >= 11 is 0. The van der Waals surface area contributed by atoms with Crippen molar-refractivity contribution >= 4 is 11.4 Å². The van der Waals surface area contributed by atoms with Crippen LogP contribution < -0.4 is 0 Å². The molecule has 1 amide bonds. The first-order chi connectivity index (χ1) is 14.2. The van der Waals surface area contributed by atoms with Crippen LogP contribution >= 0.6 is 0 Å². The van der Waals surface area contributed by atoms with Crippen molar-refractivity contribution in [2.75, 3.05) is 6.54 Å². The maximum absolute atomic E-state index is 13.2. The van der Waals surface area contributed by atoms with Gasteiger partial charge in [0.15, 0.2) is 5.82 Å². The van der Waals surface area contributed by atoms with Crippen LogP contribution in [-0.4, -0.2) is 36.5 Å². The van der Waals surface area contributed by atoms with Crippen molar-refractivity contribution in [3.8, 4) is 0 Å². The van der Waals surface area contributed by atoms with Gasteiger partial charge in [0, 0.05) is 24.7 Å². The minimum atomic E-state index is 0.0307. The number of nitrogens with zero attached hydrogens (tertiary/aromatic N) is 5. The van der Waals surface area contributed by atoms with Crippen LogP contribution in [0.1, 0.15) is 40.7 Å². The number of carbonyl (C=O) groups is 1. The van der Waals surface area contributed by atoms with E-state index in [1.54, 1.807) is 0 Å². The number of amides is 1. The largest absolute Gasteiger partial charge is 0.328 e. The number of aromatic nitrogens is 4. The quantitative estimate of drug-likeness (QED) is 0.540. The van der Waals surface area contributed by atoms with E-state index in [-0.39, 0.29) is 11.9 Å². The molecule has 29 heavy (non-hydrogen) atoms. The average molecular weight is 385 g/mol. The summed E-state index contributed by atoms with van der Waals surface area (Å²) in [5.41, 5.74) is 3.00. The first kappa shape index (κ1) is 17.7. The van der Waals surface area contributed by atoms with Crippen LogP contribution in [0.4, 0.5) is 0 Å². The summed E-state index contributed by atoms with van der Waals surface area (Å²) in [5, 5.41) is 8.85. The van der Waals surface area contributed by atoms with Gasteiger partial charge in [-0.05, 0) is 43.2 Å². The van der Waals surface area contributed by atoms with E-state index in [4.69, 9.17) is 0 Å². The molecule has 1 aliphatic rings. The van der Waals surface area contributed by atoms with Gasteiger partial charge in [-0.15, -0.1) is 10.2 Å². The van der Waals surface area contributed by atoms with E-state index in [1.807, 2.05) is 51.9 Å². The molecule has 146 valence electrons. The first-order valence-electron chi connectivity index (χ1n) is 10.0. The smallest absolute Gasteiger partial charge is 0.271 e. The van der Waals surface area contributed by atoms with Gasteiger partial charge in [-0.1, -0.05) is 36.4 Å². The molecule has 6 heteroatoms. The Morgan fingerprint density at radius 1 is 1.00 bits per heavy atom. The standard InChI is InChI=1S/C23H23N5O/c1-17-15-26(23(29)20-12-11-19-9-5-6-14-27(19)20)16-22-25-24-21(28(17)22)13-10-18-7-3-2-4-8-18/h2-9,11-12,14,17H,10,13,15-16H2,1H3/t17-/m0/s1. The normalized spacial score (nSPS) is 16.2. The number of hydrogen-bond acceptors (Lipinski definition) is 3. The van der Waals surface area contributed by atoms with Crippen LogP contribution in [0.5, 0.6) is 0 Å². The fourth-order valence-electron chi connectivity index (χ4n) is 4.23. The molecule has 0 bridgehead atoms.